The van der Waals surface area contributed by atoms with Gasteiger partial charge >= 0.3 is 0 Å². The summed E-state index contributed by atoms with van der Waals surface area (Å²) >= 11 is 12.9. The summed E-state index contributed by atoms with van der Waals surface area (Å²) in [4.78, 5) is 11.5. The molecule has 0 bridgehead atoms. The van der Waals surface area contributed by atoms with Gasteiger partial charge in [0.2, 0.25) is 0 Å². The van der Waals surface area contributed by atoms with Crippen LogP contribution >= 0.6 is 30.6 Å². The highest BCUT2D eigenvalue weighted by atomic mass is 35.5. The first-order valence-electron chi connectivity index (χ1n) is 9.14. The molecule has 0 aliphatic heterocycles. The molecule has 0 saturated heterocycles. The molecule has 30 heavy (non-hydrogen) atoms. The molecule has 1 unspecified atom stereocenters. The summed E-state index contributed by atoms with van der Waals surface area (Å²) in [5, 5.41) is 0.570. The second-order valence-corrected chi connectivity index (χ2v) is 9.31. The normalized spacial score (nSPS) is 14.1. The molecule has 0 fully saturated rings. The van der Waals surface area contributed by atoms with Gasteiger partial charge in [-0.2, -0.15) is 0 Å². The molecule has 3 nitrogen and oxygen atoms in total. The summed E-state index contributed by atoms with van der Waals surface area (Å²) in [7, 11) is -3.60. The molecular formula is C24H19Cl2O3P. The van der Waals surface area contributed by atoms with Crippen molar-refractivity contribution in [2.24, 2.45) is 0 Å². The van der Waals surface area contributed by atoms with Crippen LogP contribution in [0.25, 0.3) is 10.1 Å². The van der Waals surface area contributed by atoms with Crippen LogP contribution in [-0.4, -0.2) is 5.78 Å². The van der Waals surface area contributed by atoms with Crippen molar-refractivity contribution in [1.82, 2.24) is 0 Å². The van der Waals surface area contributed by atoms with E-state index in [-0.39, 0.29) is 15.8 Å². The number of ketones is 1. The molecule has 0 aliphatic rings. The average molecular weight is 457 g/mol. The molecule has 152 valence electrons. The average Bonchev–Trinajstić information content (AvgIpc) is 2.75. The van der Waals surface area contributed by atoms with Gasteiger partial charge in [-0.15, -0.1) is 0 Å². The van der Waals surface area contributed by atoms with Crippen molar-refractivity contribution < 1.29 is 13.9 Å². The maximum atomic E-state index is 13.8. The Labute approximate surface area is 186 Å². The zero-order valence-corrected chi connectivity index (χ0v) is 18.6. The van der Waals surface area contributed by atoms with Crippen molar-refractivity contribution in [3.63, 3.8) is 0 Å². The summed E-state index contributed by atoms with van der Waals surface area (Å²) in [6, 6.07) is 24.8. The molecule has 6 heteroatoms. The standard InChI is InChI=1S/C24H19Cl2O3P/c1-18(27)19-12-14-22(15-13-19)29-30(28,16-23(25)20-8-4-2-5-9-20)17-24(26)21-10-6-3-7-11-21/h2-17H,1H3/b23-16-,24-17+. The van der Waals surface area contributed by atoms with E-state index in [2.05, 4.69) is 0 Å². The van der Waals surface area contributed by atoms with Gasteiger partial charge in [0.25, 0.3) is 7.37 Å². The van der Waals surface area contributed by atoms with E-state index >= 15 is 0 Å². The molecule has 0 spiro atoms. The van der Waals surface area contributed by atoms with Crippen LogP contribution in [0.1, 0.15) is 28.4 Å². The smallest absolute Gasteiger partial charge is 0.295 e. The summed E-state index contributed by atoms with van der Waals surface area (Å²) in [6.07, 6.45) is 0. The number of carbonyl (C=O) groups is 1. The number of hydrogen-bond donors (Lipinski definition) is 0. The fourth-order valence-electron chi connectivity index (χ4n) is 2.67. The Morgan fingerprint density at radius 1 is 0.733 bits per heavy atom. The van der Waals surface area contributed by atoms with Crippen molar-refractivity contribution in [2.45, 2.75) is 6.92 Å². The molecule has 0 heterocycles. The van der Waals surface area contributed by atoms with Gasteiger partial charge in [-0.25, -0.2) is 0 Å². The molecule has 0 aromatic heterocycles. The van der Waals surface area contributed by atoms with Gasteiger partial charge in [-0.05, 0) is 42.3 Å². The molecule has 0 N–H and O–H groups in total. The summed E-state index contributed by atoms with van der Waals surface area (Å²) < 4.78 is 19.6. The van der Waals surface area contributed by atoms with Crippen molar-refractivity contribution in [1.29, 1.82) is 0 Å². The number of rotatable bonds is 7. The van der Waals surface area contributed by atoms with Gasteiger partial charge in [0.15, 0.2) is 5.78 Å². The van der Waals surface area contributed by atoms with Crippen LogP contribution in [0.2, 0.25) is 0 Å². The second kappa shape index (κ2) is 9.95. The molecule has 3 aromatic rings. The van der Waals surface area contributed by atoms with Crippen LogP contribution in [0.5, 0.6) is 5.75 Å². The lowest BCUT2D eigenvalue weighted by molar-refractivity contribution is 0.101. The number of hydrogen-bond acceptors (Lipinski definition) is 3. The molecule has 1 atom stereocenters. The highest BCUT2D eigenvalue weighted by Gasteiger charge is 2.22. The lowest BCUT2D eigenvalue weighted by Crippen LogP contribution is -1.93. The van der Waals surface area contributed by atoms with Crippen molar-refractivity contribution in [3.8, 4) is 5.75 Å². The molecule has 3 aromatic carbocycles. The molecule has 0 radical (unpaired) electrons. The number of halogens is 2. The Balaban J connectivity index is 2.01. The summed E-state index contributed by atoms with van der Waals surface area (Å²) in [5.41, 5.74) is 1.95. The first-order valence-corrected chi connectivity index (χ1v) is 11.7. The predicted octanol–water partition coefficient (Wildman–Crippen LogP) is 8.02. The van der Waals surface area contributed by atoms with E-state index in [4.69, 9.17) is 27.7 Å². The van der Waals surface area contributed by atoms with Crippen LogP contribution in [0.4, 0.5) is 0 Å². The minimum absolute atomic E-state index is 0.0660. The highest BCUT2D eigenvalue weighted by molar-refractivity contribution is 7.66. The van der Waals surface area contributed by atoms with E-state index in [9.17, 15) is 9.36 Å². The zero-order chi connectivity index (χ0) is 21.6. The Morgan fingerprint density at radius 2 is 1.17 bits per heavy atom. The minimum Gasteiger partial charge on any atom is -0.438 e. The predicted molar refractivity (Wildman–Crippen MR) is 125 cm³/mol. The van der Waals surface area contributed by atoms with Gasteiger partial charge in [-0.1, -0.05) is 83.9 Å². The van der Waals surface area contributed by atoms with E-state index in [1.165, 1.54) is 18.6 Å². The first kappa shape index (κ1) is 22.1. The maximum Gasteiger partial charge on any atom is 0.295 e. The lowest BCUT2D eigenvalue weighted by atomic mass is 10.1. The Kier molecular flexibility index (Phi) is 7.33. The van der Waals surface area contributed by atoms with Gasteiger partial charge in [0, 0.05) is 17.2 Å². The third-order valence-electron chi connectivity index (χ3n) is 4.19. The Bertz CT molecular complexity index is 1060. The largest absolute Gasteiger partial charge is 0.438 e. The summed E-state index contributed by atoms with van der Waals surface area (Å²) in [5.74, 6) is 3.04. The van der Waals surface area contributed by atoms with Crippen LogP contribution < -0.4 is 4.52 Å². The molecular weight excluding hydrogens is 438 g/mol. The fraction of sp³-hybridized carbons (Fsp3) is 0.0417. The molecule has 0 aliphatic carbocycles. The van der Waals surface area contributed by atoms with Crippen LogP contribution in [0, 0.1) is 0 Å². The maximum absolute atomic E-state index is 13.8. The summed E-state index contributed by atoms with van der Waals surface area (Å²) in [6.45, 7) is 1.48. The van der Waals surface area contributed by atoms with Crippen molar-refractivity contribution >= 4 is 46.4 Å². The Morgan fingerprint density at radius 3 is 1.57 bits per heavy atom. The van der Waals surface area contributed by atoms with E-state index in [1.54, 1.807) is 24.3 Å². The van der Waals surface area contributed by atoms with Crippen molar-refractivity contribution in [3.05, 3.63) is 113 Å². The number of benzene rings is 3. The molecule has 3 rings (SSSR count). The third-order valence-corrected chi connectivity index (χ3v) is 6.89. The van der Waals surface area contributed by atoms with Crippen molar-refractivity contribution in [2.75, 3.05) is 0 Å². The SMILES string of the molecule is CC(=O)c1ccc(OP(=O)(/C=C(\Cl)c2ccccc2)/C=C(/Cl)c2ccccc2)cc1. The van der Waals surface area contributed by atoms with Gasteiger partial charge in [0.05, 0.1) is 10.1 Å². The van der Waals surface area contributed by atoms with E-state index in [1.807, 2.05) is 60.7 Å². The van der Waals surface area contributed by atoms with Gasteiger partial charge in [-0.3, -0.25) is 9.36 Å². The fourth-order valence-corrected chi connectivity index (χ4v) is 5.29. The third kappa shape index (κ3) is 5.96. The van der Waals surface area contributed by atoms with Crippen LogP contribution in [0.15, 0.2) is 96.6 Å². The Hall–Kier alpha value is -2.58. The van der Waals surface area contributed by atoms with Crippen LogP contribution in [-0.2, 0) is 4.57 Å². The monoisotopic (exact) mass is 456 g/mol. The van der Waals surface area contributed by atoms with Gasteiger partial charge < -0.3 is 4.52 Å². The van der Waals surface area contributed by atoms with E-state index < -0.39 is 7.37 Å². The highest BCUT2D eigenvalue weighted by Crippen LogP contribution is 2.54. The van der Waals surface area contributed by atoms with Crippen LogP contribution in [0.3, 0.4) is 0 Å². The van der Waals surface area contributed by atoms with E-state index in [0.717, 1.165) is 0 Å². The number of Topliss-reactive ketones (excluding diaryl/α,β-unsaturated/α-hetero) is 1. The quantitative estimate of drug-likeness (QED) is 0.267. The first-order chi connectivity index (χ1) is 14.4. The second-order valence-electron chi connectivity index (χ2n) is 6.50. The topological polar surface area (TPSA) is 43.4 Å². The van der Waals surface area contributed by atoms with Gasteiger partial charge in [0.1, 0.15) is 5.75 Å². The van der Waals surface area contributed by atoms with E-state index in [0.29, 0.717) is 22.4 Å². The lowest BCUT2D eigenvalue weighted by Gasteiger charge is -2.15. The number of carbonyl (C=O) groups excluding carboxylic acids is 1. The molecule has 0 saturated carbocycles. The minimum atomic E-state index is -3.60. The zero-order valence-electron chi connectivity index (χ0n) is 16.2. The molecule has 0 amide bonds.